The molecule has 18 heavy (non-hydrogen) atoms. The van der Waals surface area contributed by atoms with Gasteiger partial charge in [-0.05, 0) is 13.8 Å². The predicted octanol–water partition coefficient (Wildman–Crippen LogP) is 1.04. The van der Waals surface area contributed by atoms with E-state index in [4.69, 9.17) is 28.4 Å². The van der Waals surface area contributed by atoms with Gasteiger partial charge in [0.2, 0.25) is 0 Å². The summed E-state index contributed by atoms with van der Waals surface area (Å²) in [6, 6.07) is 0. The molecule has 0 aliphatic carbocycles. The van der Waals surface area contributed by atoms with E-state index >= 15 is 0 Å². The summed E-state index contributed by atoms with van der Waals surface area (Å²) in [4.78, 5) is 0. The van der Waals surface area contributed by atoms with Crippen LogP contribution in [0.25, 0.3) is 0 Å². The van der Waals surface area contributed by atoms with Crippen molar-refractivity contribution in [3.63, 3.8) is 0 Å². The lowest BCUT2D eigenvalue weighted by molar-refractivity contribution is -0.150. The molecule has 0 saturated carbocycles. The van der Waals surface area contributed by atoms with Gasteiger partial charge in [-0.1, -0.05) is 0 Å². The Labute approximate surface area is 109 Å². The average molecular weight is 266 g/mol. The maximum atomic E-state index is 5.37. The third-order valence-electron chi connectivity index (χ3n) is 2.13. The highest BCUT2D eigenvalue weighted by Gasteiger charge is 2.01. The van der Waals surface area contributed by atoms with E-state index in [2.05, 4.69) is 0 Å². The molecule has 0 aromatic rings. The van der Waals surface area contributed by atoms with Crippen LogP contribution in [0.4, 0.5) is 0 Å². The van der Waals surface area contributed by atoms with Gasteiger partial charge >= 0.3 is 0 Å². The molecular formula is C12H26O6. The SMILES string of the molecule is COCCOC(C)OCCOCCOC(C)OC. The van der Waals surface area contributed by atoms with Gasteiger partial charge < -0.3 is 28.4 Å². The third-order valence-corrected chi connectivity index (χ3v) is 2.13. The highest BCUT2D eigenvalue weighted by Crippen LogP contribution is 1.94. The largest absolute Gasteiger partial charge is 0.382 e. The van der Waals surface area contributed by atoms with E-state index in [-0.39, 0.29) is 12.6 Å². The van der Waals surface area contributed by atoms with Crippen molar-refractivity contribution < 1.29 is 28.4 Å². The number of rotatable bonds is 13. The van der Waals surface area contributed by atoms with E-state index in [9.17, 15) is 0 Å². The fourth-order valence-corrected chi connectivity index (χ4v) is 1.06. The van der Waals surface area contributed by atoms with Crippen molar-refractivity contribution >= 4 is 0 Å². The zero-order chi connectivity index (χ0) is 13.6. The molecule has 0 bridgehead atoms. The van der Waals surface area contributed by atoms with Crippen LogP contribution in [0, 0.1) is 0 Å². The Morgan fingerprint density at radius 2 is 1.17 bits per heavy atom. The molecule has 0 N–H and O–H groups in total. The molecule has 0 radical (unpaired) electrons. The second kappa shape index (κ2) is 13.2. The molecule has 110 valence electrons. The molecule has 6 heteroatoms. The van der Waals surface area contributed by atoms with Crippen LogP contribution < -0.4 is 0 Å². The Morgan fingerprint density at radius 1 is 0.667 bits per heavy atom. The van der Waals surface area contributed by atoms with Crippen molar-refractivity contribution in [3.05, 3.63) is 0 Å². The standard InChI is InChI=1S/C12H26O6/c1-11(14-4)16-9-6-15-7-10-18-12(2)17-8-5-13-3/h11-12H,5-10H2,1-4H3. The Morgan fingerprint density at radius 3 is 1.67 bits per heavy atom. The molecule has 0 rings (SSSR count). The first-order chi connectivity index (χ1) is 8.70. The lowest BCUT2D eigenvalue weighted by Gasteiger charge is -2.14. The van der Waals surface area contributed by atoms with Crippen LogP contribution in [0.3, 0.4) is 0 Å². The molecule has 2 atom stereocenters. The lowest BCUT2D eigenvalue weighted by Crippen LogP contribution is -2.19. The second-order valence-corrected chi connectivity index (χ2v) is 3.59. The van der Waals surface area contributed by atoms with Crippen molar-refractivity contribution in [2.45, 2.75) is 26.4 Å². The molecule has 0 aliphatic rings. The number of methoxy groups -OCH3 is 2. The summed E-state index contributed by atoms with van der Waals surface area (Å²) >= 11 is 0. The Balaban J connectivity index is 3.14. The van der Waals surface area contributed by atoms with Gasteiger partial charge in [0.25, 0.3) is 0 Å². The van der Waals surface area contributed by atoms with Crippen molar-refractivity contribution in [2.24, 2.45) is 0 Å². The van der Waals surface area contributed by atoms with Crippen molar-refractivity contribution in [3.8, 4) is 0 Å². The monoisotopic (exact) mass is 266 g/mol. The summed E-state index contributed by atoms with van der Waals surface area (Å²) < 4.78 is 31.0. The Hall–Kier alpha value is -0.240. The topological polar surface area (TPSA) is 55.4 Å². The Bertz CT molecular complexity index is 167. The van der Waals surface area contributed by atoms with Gasteiger partial charge in [0.05, 0.1) is 39.6 Å². The Kier molecular flexibility index (Phi) is 13.0. The highest BCUT2D eigenvalue weighted by molar-refractivity contribution is 4.37. The lowest BCUT2D eigenvalue weighted by atomic mass is 10.6. The first kappa shape index (κ1) is 17.8. The van der Waals surface area contributed by atoms with Crippen molar-refractivity contribution in [2.75, 3.05) is 53.9 Å². The quantitative estimate of drug-likeness (QED) is 0.367. The smallest absolute Gasteiger partial charge is 0.155 e. The fraction of sp³-hybridized carbons (Fsp3) is 1.00. The van der Waals surface area contributed by atoms with E-state index in [1.807, 2.05) is 13.8 Å². The molecule has 0 fully saturated rings. The van der Waals surface area contributed by atoms with Crippen LogP contribution in [0.15, 0.2) is 0 Å². The minimum Gasteiger partial charge on any atom is -0.382 e. The summed E-state index contributed by atoms with van der Waals surface area (Å²) in [5, 5.41) is 0. The van der Waals surface area contributed by atoms with Crippen LogP contribution in [0.2, 0.25) is 0 Å². The molecule has 0 heterocycles. The molecule has 6 nitrogen and oxygen atoms in total. The van der Waals surface area contributed by atoms with Gasteiger partial charge in [-0.15, -0.1) is 0 Å². The zero-order valence-corrected chi connectivity index (χ0v) is 11.8. The number of hydrogen-bond donors (Lipinski definition) is 0. The average Bonchev–Trinajstić information content (AvgIpc) is 2.37. The molecule has 2 unspecified atom stereocenters. The van der Waals surface area contributed by atoms with E-state index in [0.29, 0.717) is 39.6 Å². The van der Waals surface area contributed by atoms with Gasteiger partial charge in [0, 0.05) is 14.2 Å². The minimum absolute atomic E-state index is 0.195. The zero-order valence-electron chi connectivity index (χ0n) is 11.8. The maximum Gasteiger partial charge on any atom is 0.155 e. The summed E-state index contributed by atoms with van der Waals surface area (Å²) in [5.41, 5.74) is 0. The first-order valence-corrected chi connectivity index (χ1v) is 6.15. The molecule has 0 amide bonds. The van der Waals surface area contributed by atoms with E-state index in [1.54, 1.807) is 14.2 Å². The van der Waals surface area contributed by atoms with Crippen LogP contribution in [-0.4, -0.2) is 66.4 Å². The number of ether oxygens (including phenoxy) is 6. The van der Waals surface area contributed by atoms with Crippen LogP contribution in [0.5, 0.6) is 0 Å². The summed E-state index contributed by atoms with van der Waals surface area (Å²) in [6.45, 7) is 6.82. The minimum atomic E-state index is -0.242. The van der Waals surface area contributed by atoms with Crippen molar-refractivity contribution in [1.82, 2.24) is 0 Å². The van der Waals surface area contributed by atoms with Gasteiger partial charge in [0.1, 0.15) is 0 Å². The van der Waals surface area contributed by atoms with E-state index in [1.165, 1.54) is 0 Å². The highest BCUT2D eigenvalue weighted by atomic mass is 16.7. The van der Waals surface area contributed by atoms with Gasteiger partial charge in [0.15, 0.2) is 12.6 Å². The molecule has 0 aromatic carbocycles. The maximum absolute atomic E-state index is 5.37. The molecule has 0 aromatic heterocycles. The third kappa shape index (κ3) is 12.2. The molecule has 0 saturated heterocycles. The van der Waals surface area contributed by atoms with Crippen LogP contribution >= 0.6 is 0 Å². The normalized spacial score (nSPS) is 14.7. The molecule has 0 spiro atoms. The fourth-order valence-electron chi connectivity index (χ4n) is 1.06. The molecular weight excluding hydrogens is 240 g/mol. The van der Waals surface area contributed by atoms with Gasteiger partial charge in [-0.3, -0.25) is 0 Å². The second-order valence-electron chi connectivity index (χ2n) is 3.59. The van der Waals surface area contributed by atoms with Crippen molar-refractivity contribution in [1.29, 1.82) is 0 Å². The van der Waals surface area contributed by atoms with Crippen LogP contribution in [-0.2, 0) is 28.4 Å². The predicted molar refractivity (Wildman–Crippen MR) is 66.5 cm³/mol. The summed E-state index contributed by atoms with van der Waals surface area (Å²) in [5.74, 6) is 0. The van der Waals surface area contributed by atoms with Gasteiger partial charge in [-0.2, -0.15) is 0 Å². The first-order valence-electron chi connectivity index (χ1n) is 6.15. The van der Waals surface area contributed by atoms with Gasteiger partial charge in [-0.25, -0.2) is 0 Å². The number of hydrogen-bond acceptors (Lipinski definition) is 6. The van der Waals surface area contributed by atoms with Crippen LogP contribution in [0.1, 0.15) is 13.8 Å². The van der Waals surface area contributed by atoms with E-state index < -0.39 is 0 Å². The summed E-state index contributed by atoms with van der Waals surface area (Å²) in [6.07, 6.45) is -0.437. The van der Waals surface area contributed by atoms with E-state index in [0.717, 1.165) is 0 Å². The summed E-state index contributed by atoms with van der Waals surface area (Å²) in [7, 11) is 3.24. The molecule has 0 aliphatic heterocycles.